The number of anilines is 1. The molecule has 0 heterocycles. The van der Waals surface area contributed by atoms with Crippen LogP contribution in [0.4, 0.5) is 5.69 Å². The normalized spacial score (nSPS) is 11.9. The van der Waals surface area contributed by atoms with E-state index in [2.05, 4.69) is 17.6 Å². The van der Waals surface area contributed by atoms with Gasteiger partial charge in [-0.15, -0.1) is 0 Å². The van der Waals surface area contributed by atoms with E-state index in [1.165, 1.54) is 5.56 Å². The number of thiocarbonyl (C=S) groups is 1. The van der Waals surface area contributed by atoms with Crippen LogP contribution in [0.5, 0.6) is 0 Å². The first-order chi connectivity index (χ1) is 7.61. The smallest absolute Gasteiger partial charge is 0.171 e. The molecular formula is C12H18N2OS. The lowest BCUT2D eigenvalue weighted by atomic mass is 10.2. The van der Waals surface area contributed by atoms with Gasteiger partial charge in [-0.25, -0.2) is 0 Å². The lowest BCUT2D eigenvalue weighted by molar-refractivity contribution is 0.179. The second-order valence-corrected chi connectivity index (χ2v) is 4.23. The third-order valence-electron chi connectivity index (χ3n) is 2.10. The standard InChI is InChI=1S/C12H18N2OS/c1-9-4-6-11(7-5-9)14-12(16)13-10(2)8-15-3/h4-7,10H,8H2,1-3H3,(H2,13,14,16). The highest BCUT2D eigenvalue weighted by atomic mass is 32.1. The molecule has 0 aliphatic heterocycles. The first kappa shape index (κ1) is 12.9. The average Bonchev–Trinajstić information content (AvgIpc) is 2.21. The van der Waals surface area contributed by atoms with Crippen LogP contribution in [0, 0.1) is 6.92 Å². The highest BCUT2D eigenvalue weighted by Crippen LogP contribution is 2.08. The number of methoxy groups -OCH3 is 1. The fraction of sp³-hybridized carbons (Fsp3) is 0.417. The van der Waals surface area contributed by atoms with Gasteiger partial charge in [0, 0.05) is 18.8 Å². The van der Waals surface area contributed by atoms with E-state index in [0.29, 0.717) is 11.7 Å². The lowest BCUT2D eigenvalue weighted by Gasteiger charge is -2.16. The van der Waals surface area contributed by atoms with Gasteiger partial charge in [0.2, 0.25) is 0 Å². The summed E-state index contributed by atoms with van der Waals surface area (Å²) >= 11 is 5.18. The van der Waals surface area contributed by atoms with Gasteiger partial charge >= 0.3 is 0 Å². The van der Waals surface area contributed by atoms with Crippen molar-refractivity contribution in [2.24, 2.45) is 0 Å². The molecule has 1 rings (SSSR count). The van der Waals surface area contributed by atoms with E-state index in [9.17, 15) is 0 Å². The molecule has 1 unspecified atom stereocenters. The number of benzene rings is 1. The van der Waals surface area contributed by atoms with E-state index in [-0.39, 0.29) is 6.04 Å². The zero-order valence-electron chi connectivity index (χ0n) is 9.91. The Morgan fingerprint density at radius 1 is 1.38 bits per heavy atom. The summed E-state index contributed by atoms with van der Waals surface area (Å²) in [6.07, 6.45) is 0. The molecule has 0 amide bonds. The van der Waals surface area contributed by atoms with Crippen LogP contribution in [0.3, 0.4) is 0 Å². The van der Waals surface area contributed by atoms with E-state index in [0.717, 1.165) is 5.69 Å². The number of aryl methyl sites for hydroxylation is 1. The molecular weight excluding hydrogens is 220 g/mol. The maximum atomic E-state index is 5.18. The van der Waals surface area contributed by atoms with E-state index in [1.54, 1.807) is 7.11 Å². The zero-order chi connectivity index (χ0) is 12.0. The predicted octanol–water partition coefficient (Wildman–Crippen LogP) is 2.32. The van der Waals surface area contributed by atoms with Gasteiger partial charge in [0.25, 0.3) is 0 Å². The molecule has 16 heavy (non-hydrogen) atoms. The Labute approximate surface area is 102 Å². The molecule has 0 bridgehead atoms. The minimum atomic E-state index is 0.204. The summed E-state index contributed by atoms with van der Waals surface area (Å²) in [4.78, 5) is 0. The molecule has 0 aromatic heterocycles. The number of hydrogen-bond acceptors (Lipinski definition) is 2. The Morgan fingerprint density at radius 2 is 2.00 bits per heavy atom. The molecule has 3 nitrogen and oxygen atoms in total. The fourth-order valence-electron chi connectivity index (χ4n) is 1.32. The summed E-state index contributed by atoms with van der Waals surface area (Å²) in [5.41, 5.74) is 2.23. The summed E-state index contributed by atoms with van der Waals surface area (Å²) < 4.78 is 5.02. The minimum absolute atomic E-state index is 0.204. The number of rotatable bonds is 4. The van der Waals surface area contributed by atoms with Gasteiger partial charge in [-0.2, -0.15) is 0 Å². The Bertz CT molecular complexity index is 337. The summed E-state index contributed by atoms with van der Waals surface area (Å²) in [5, 5.41) is 6.88. The monoisotopic (exact) mass is 238 g/mol. The highest BCUT2D eigenvalue weighted by Gasteiger charge is 2.03. The van der Waals surface area contributed by atoms with Crippen LogP contribution in [0.2, 0.25) is 0 Å². The van der Waals surface area contributed by atoms with Crippen LogP contribution in [0.15, 0.2) is 24.3 Å². The molecule has 0 aliphatic rings. The van der Waals surface area contributed by atoms with Gasteiger partial charge in [-0.1, -0.05) is 17.7 Å². The van der Waals surface area contributed by atoms with Crippen LogP contribution in [-0.2, 0) is 4.74 Å². The lowest BCUT2D eigenvalue weighted by Crippen LogP contribution is -2.38. The molecule has 4 heteroatoms. The highest BCUT2D eigenvalue weighted by molar-refractivity contribution is 7.80. The van der Waals surface area contributed by atoms with Crippen LogP contribution in [0.25, 0.3) is 0 Å². The van der Waals surface area contributed by atoms with Crippen molar-refractivity contribution in [1.82, 2.24) is 5.32 Å². The quantitative estimate of drug-likeness (QED) is 0.789. The van der Waals surface area contributed by atoms with Crippen LogP contribution >= 0.6 is 12.2 Å². The van der Waals surface area contributed by atoms with Crippen molar-refractivity contribution in [3.05, 3.63) is 29.8 Å². The van der Waals surface area contributed by atoms with Crippen LogP contribution in [-0.4, -0.2) is 24.9 Å². The minimum Gasteiger partial charge on any atom is -0.383 e. The molecule has 0 radical (unpaired) electrons. The van der Waals surface area contributed by atoms with Gasteiger partial charge in [0.1, 0.15) is 0 Å². The number of nitrogens with one attached hydrogen (secondary N) is 2. The maximum absolute atomic E-state index is 5.18. The van der Waals surface area contributed by atoms with Crippen molar-refractivity contribution >= 4 is 23.0 Å². The zero-order valence-corrected chi connectivity index (χ0v) is 10.7. The largest absolute Gasteiger partial charge is 0.383 e. The molecule has 2 N–H and O–H groups in total. The maximum Gasteiger partial charge on any atom is 0.171 e. The molecule has 1 aromatic rings. The Hall–Kier alpha value is -1.13. The molecule has 1 atom stereocenters. The van der Waals surface area contributed by atoms with Crippen molar-refractivity contribution in [3.8, 4) is 0 Å². The van der Waals surface area contributed by atoms with E-state index >= 15 is 0 Å². The first-order valence-corrected chi connectivity index (χ1v) is 5.65. The summed E-state index contributed by atoms with van der Waals surface area (Å²) in [7, 11) is 1.68. The third-order valence-corrected chi connectivity index (χ3v) is 2.32. The van der Waals surface area contributed by atoms with E-state index in [1.807, 2.05) is 31.2 Å². The molecule has 0 saturated carbocycles. The van der Waals surface area contributed by atoms with Crippen molar-refractivity contribution in [3.63, 3.8) is 0 Å². The van der Waals surface area contributed by atoms with Crippen LogP contribution in [0.1, 0.15) is 12.5 Å². The predicted molar refractivity (Wildman–Crippen MR) is 71.9 cm³/mol. The molecule has 0 saturated heterocycles. The average molecular weight is 238 g/mol. The molecule has 1 aromatic carbocycles. The van der Waals surface area contributed by atoms with E-state index in [4.69, 9.17) is 17.0 Å². The van der Waals surface area contributed by atoms with Gasteiger partial charge in [0.15, 0.2) is 5.11 Å². The Kier molecular flexibility index (Phi) is 5.22. The van der Waals surface area contributed by atoms with Gasteiger partial charge in [-0.05, 0) is 38.2 Å². The SMILES string of the molecule is COCC(C)NC(=S)Nc1ccc(C)cc1. The van der Waals surface area contributed by atoms with Gasteiger partial charge in [-0.3, -0.25) is 0 Å². The van der Waals surface area contributed by atoms with E-state index < -0.39 is 0 Å². The second kappa shape index (κ2) is 6.45. The van der Waals surface area contributed by atoms with Crippen molar-refractivity contribution in [1.29, 1.82) is 0 Å². The Morgan fingerprint density at radius 3 is 2.56 bits per heavy atom. The first-order valence-electron chi connectivity index (χ1n) is 5.25. The molecule has 88 valence electrons. The second-order valence-electron chi connectivity index (χ2n) is 3.82. The molecule has 0 aliphatic carbocycles. The van der Waals surface area contributed by atoms with Crippen molar-refractivity contribution in [2.45, 2.75) is 19.9 Å². The summed E-state index contributed by atoms with van der Waals surface area (Å²) in [6.45, 7) is 4.71. The third kappa shape index (κ3) is 4.59. The number of ether oxygens (including phenoxy) is 1. The molecule has 0 fully saturated rings. The van der Waals surface area contributed by atoms with Crippen LogP contribution < -0.4 is 10.6 Å². The Balaban J connectivity index is 2.42. The summed E-state index contributed by atoms with van der Waals surface area (Å²) in [5.74, 6) is 0. The fourth-order valence-corrected chi connectivity index (χ4v) is 1.64. The topological polar surface area (TPSA) is 33.3 Å². The van der Waals surface area contributed by atoms with Crippen molar-refractivity contribution < 1.29 is 4.74 Å². The summed E-state index contributed by atoms with van der Waals surface area (Å²) in [6, 6.07) is 8.30. The molecule has 0 spiro atoms. The van der Waals surface area contributed by atoms with Crippen molar-refractivity contribution in [2.75, 3.05) is 19.0 Å². The van der Waals surface area contributed by atoms with Gasteiger partial charge < -0.3 is 15.4 Å². The van der Waals surface area contributed by atoms with Gasteiger partial charge in [0.05, 0.1) is 6.61 Å². The number of hydrogen-bond donors (Lipinski definition) is 2.